The van der Waals surface area contributed by atoms with Crippen molar-refractivity contribution >= 4 is 39.4 Å². The molecular formula is C25H30F3N5O3S. The molecule has 0 N–H and O–H groups in total. The number of carbonyl (C=O) groups is 2. The Morgan fingerprint density at radius 1 is 1.08 bits per heavy atom. The van der Waals surface area contributed by atoms with Crippen LogP contribution in [0.4, 0.5) is 23.8 Å². The Hall–Kier alpha value is -2.63. The van der Waals surface area contributed by atoms with Crippen molar-refractivity contribution in [3.63, 3.8) is 0 Å². The molecule has 0 radical (unpaired) electrons. The minimum Gasteiger partial charge on any atom is -0.444 e. The molecule has 2 aromatic rings. The minimum atomic E-state index is -4.27. The highest BCUT2D eigenvalue weighted by molar-refractivity contribution is 7.18. The molecule has 0 bridgehead atoms. The smallest absolute Gasteiger partial charge is 0.410 e. The molecule has 4 aliphatic rings. The quantitative estimate of drug-likeness (QED) is 0.583. The third-order valence-electron chi connectivity index (χ3n) is 7.83. The molecule has 4 fully saturated rings. The van der Waals surface area contributed by atoms with Crippen LogP contribution in [0, 0.1) is 10.8 Å². The van der Waals surface area contributed by atoms with E-state index in [-0.39, 0.29) is 21.6 Å². The molecule has 12 heteroatoms. The second-order valence-electron chi connectivity index (χ2n) is 12.3. The van der Waals surface area contributed by atoms with E-state index in [1.54, 1.807) is 11.0 Å². The number of anilines is 1. The van der Waals surface area contributed by atoms with E-state index in [9.17, 15) is 22.8 Å². The van der Waals surface area contributed by atoms with Gasteiger partial charge in [0, 0.05) is 43.0 Å². The molecule has 200 valence electrons. The van der Waals surface area contributed by atoms with Crippen molar-refractivity contribution in [3.05, 3.63) is 17.3 Å². The number of thiophene rings is 1. The summed E-state index contributed by atoms with van der Waals surface area (Å²) in [6, 6.07) is 1.06. The van der Waals surface area contributed by atoms with Gasteiger partial charge in [0.2, 0.25) is 5.91 Å². The number of hydrogen-bond donors (Lipinski definition) is 0. The predicted molar refractivity (Wildman–Crippen MR) is 131 cm³/mol. The SMILES string of the molecule is CC(C)(C)OC(=O)N1CC2(CC2)CC1C(=O)N1CC2(C1)CN(c1ncnc3sc(CC(F)(F)F)cc13)C2. The molecule has 37 heavy (non-hydrogen) atoms. The summed E-state index contributed by atoms with van der Waals surface area (Å²) in [6.45, 7) is 8.61. The first kappa shape index (κ1) is 24.7. The highest BCUT2D eigenvalue weighted by Crippen LogP contribution is 2.55. The fourth-order valence-corrected chi connectivity index (χ4v) is 7.02. The molecule has 1 unspecified atom stereocenters. The Morgan fingerprint density at radius 2 is 1.78 bits per heavy atom. The van der Waals surface area contributed by atoms with E-state index in [0.29, 0.717) is 55.2 Å². The summed E-state index contributed by atoms with van der Waals surface area (Å²) in [6.07, 6.45) is -1.50. The lowest BCUT2D eigenvalue weighted by Gasteiger charge is -2.61. The monoisotopic (exact) mass is 537 g/mol. The Balaban J connectivity index is 1.10. The Labute approximate surface area is 216 Å². The van der Waals surface area contributed by atoms with Crippen molar-refractivity contribution in [2.45, 2.75) is 64.3 Å². The summed E-state index contributed by atoms with van der Waals surface area (Å²) in [7, 11) is 0. The van der Waals surface area contributed by atoms with Gasteiger partial charge in [-0.2, -0.15) is 13.2 Å². The van der Waals surface area contributed by atoms with Gasteiger partial charge in [0.1, 0.15) is 28.6 Å². The normalized spacial score (nSPS) is 23.9. The average Bonchev–Trinajstić information content (AvgIpc) is 3.16. The first-order valence-corrected chi connectivity index (χ1v) is 13.4. The van der Waals surface area contributed by atoms with Gasteiger partial charge < -0.3 is 14.5 Å². The second-order valence-corrected chi connectivity index (χ2v) is 13.4. The topological polar surface area (TPSA) is 78.9 Å². The first-order valence-electron chi connectivity index (χ1n) is 12.6. The molecule has 6 rings (SSSR count). The maximum atomic E-state index is 13.4. The molecule has 2 spiro atoms. The number of likely N-dealkylation sites (tertiary alicyclic amines) is 2. The lowest BCUT2D eigenvalue weighted by Crippen LogP contribution is -2.74. The van der Waals surface area contributed by atoms with Crippen LogP contribution >= 0.6 is 11.3 Å². The number of aromatic nitrogens is 2. The first-order chi connectivity index (χ1) is 17.2. The van der Waals surface area contributed by atoms with E-state index in [4.69, 9.17) is 4.74 Å². The molecule has 1 saturated carbocycles. The number of rotatable bonds is 3. The van der Waals surface area contributed by atoms with Gasteiger partial charge in [-0.1, -0.05) is 0 Å². The van der Waals surface area contributed by atoms with Crippen LogP contribution in [0.2, 0.25) is 0 Å². The van der Waals surface area contributed by atoms with Crippen molar-refractivity contribution in [1.29, 1.82) is 0 Å². The van der Waals surface area contributed by atoms with Crippen LogP contribution in [0.25, 0.3) is 10.2 Å². The Kier molecular flexibility index (Phi) is 5.30. The summed E-state index contributed by atoms with van der Waals surface area (Å²) >= 11 is 1.05. The Morgan fingerprint density at radius 3 is 2.41 bits per heavy atom. The summed E-state index contributed by atoms with van der Waals surface area (Å²) in [5.41, 5.74) is -0.607. The van der Waals surface area contributed by atoms with Crippen LogP contribution < -0.4 is 4.90 Å². The molecule has 8 nitrogen and oxygen atoms in total. The number of hydrogen-bond acceptors (Lipinski definition) is 7. The minimum absolute atomic E-state index is 0.0160. The fourth-order valence-electron chi connectivity index (χ4n) is 6.00. The zero-order valence-electron chi connectivity index (χ0n) is 21.1. The molecule has 3 saturated heterocycles. The van der Waals surface area contributed by atoms with Crippen molar-refractivity contribution < 1.29 is 27.5 Å². The van der Waals surface area contributed by atoms with Crippen molar-refractivity contribution in [2.24, 2.45) is 10.8 Å². The summed E-state index contributed by atoms with van der Waals surface area (Å²) < 4.78 is 44.2. The number of amides is 2. The molecule has 3 aliphatic heterocycles. The maximum absolute atomic E-state index is 13.4. The van der Waals surface area contributed by atoms with E-state index >= 15 is 0 Å². The van der Waals surface area contributed by atoms with Gasteiger partial charge in [-0.25, -0.2) is 14.8 Å². The molecular weight excluding hydrogens is 507 g/mol. The maximum Gasteiger partial charge on any atom is 0.410 e. The van der Waals surface area contributed by atoms with E-state index in [1.165, 1.54) is 6.33 Å². The van der Waals surface area contributed by atoms with Crippen LogP contribution in [0.3, 0.4) is 0 Å². The molecule has 1 aliphatic carbocycles. The van der Waals surface area contributed by atoms with E-state index in [0.717, 1.165) is 24.2 Å². The lowest BCUT2D eigenvalue weighted by atomic mass is 9.72. The molecule has 2 aromatic heterocycles. The number of nitrogens with zero attached hydrogens (tertiary/aromatic N) is 5. The fraction of sp³-hybridized carbons (Fsp3) is 0.680. The highest BCUT2D eigenvalue weighted by Gasteiger charge is 2.60. The third kappa shape index (κ3) is 4.61. The predicted octanol–water partition coefficient (Wildman–Crippen LogP) is 4.23. The molecule has 5 heterocycles. The van der Waals surface area contributed by atoms with Crippen LogP contribution in [0.1, 0.15) is 44.9 Å². The van der Waals surface area contributed by atoms with Gasteiger partial charge in [-0.3, -0.25) is 9.69 Å². The van der Waals surface area contributed by atoms with Gasteiger partial charge in [0.25, 0.3) is 0 Å². The van der Waals surface area contributed by atoms with Gasteiger partial charge in [0.15, 0.2) is 0 Å². The highest BCUT2D eigenvalue weighted by atomic mass is 32.1. The number of halogens is 3. The van der Waals surface area contributed by atoms with Crippen molar-refractivity contribution in [1.82, 2.24) is 19.8 Å². The van der Waals surface area contributed by atoms with Gasteiger partial charge in [-0.15, -0.1) is 11.3 Å². The summed E-state index contributed by atoms with van der Waals surface area (Å²) in [5.74, 6) is 0.630. The van der Waals surface area contributed by atoms with Crippen LogP contribution in [0.5, 0.6) is 0 Å². The molecule has 2 amide bonds. The molecule has 0 aromatic carbocycles. The largest absolute Gasteiger partial charge is 0.444 e. The van der Waals surface area contributed by atoms with Crippen molar-refractivity contribution in [2.75, 3.05) is 37.6 Å². The lowest BCUT2D eigenvalue weighted by molar-refractivity contribution is -0.150. The van der Waals surface area contributed by atoms with Crippen LogP contribution in [-0.4, -0.2) is 82.3 Å². The van der Waals surface area contributed by atoms with Crippen LogP contribution in [-0.2, 0) is 16.0 Å². The summed E-state index contributed by atoms with van der Waals surface area (Å²) in [4.78, 5) is 41.1. The number of alkyl halides is 3. The molecule has 1 atom stereocenters. The zero-order chi connectivity index (χ0) is 26.4. The van der Waals surface area contributed by atoms with Crippen molar-refractivity contribution in [3.8, 4) is 0 Å². The van der Waals surface area contributed by atoms with E-state index < -0.39 is 30.3 Å². The summed E-state index contributed by atoms with van der Waals surface area (Å²) in [5, 5.41) is 0.641. The van der Waals surface area contributed by atoms with E-state index in [2.05, 4.69) is 14.9 Å². The Bertz CT molecular complexity index is 1250. The van der Waals surface area contributed by atoms with Crippen LogP contribution in [0.15, 0.2) is 12.4 Å². The number of ether oxygens (including phenoxy) is 1. The zero-order valence-corrected chi connectivity index (χ0v) is 21.9. The third-order valence-corrected chi connectivity index (χ3v) is 8.87. The number of fused-ring (bicyclic) bond motifs is 1. The van der Waals surface area contributed by atoms with Gasteiger partial charge in [0.05, 0.1) is 11.8 Å². The van der Waals surface area contributed by atoms with E-state index in [1.807, 2.05) is 25.7 Å². The number of carbonyl (C=O) groups excluding carboxylic acids is 2. The average molecular weight is 538 g/mol. The standard InChI is InChI=1S/C25H30F3N5O3S/c1-22(2,3)36-21(35)33-13-23(4-5-23)8-17(33)20(34)32-11-24(12-32)9-31(10-24)18-16-6-15(7-25(26,27)28)37-19(16)30-14-29-18/h6,14,17H,4-5,7-13H2,1-3H3. The van der Waals surface area contributed by atoms with Gasteiger partial charge >= 0.3 is 12.3 Å². The second kappa shape index (κ2) is 7.94. The van der Waals surface area contributed by atoms with Gasteiger partial charge in [-0.05, 0) is 51.5 Å².